The third kappa shape index (κ3) is 4.27. The van der Waals surface area contributed by atoms with Gasteiger partial charge in [0, 0.05) is 24.3 Å². The zero-order valence-corrected chi connectivity index (χ0v) is 14.5. The Hall–Kier alpha value is -3.60. The largest absolute Gasteiger partial charge is 0.496 e. The third-order valence-corrected chi connectivity index (χ3v) is 3.36. The number of hydrogen-bond acceptors (Lipinski definition) is 6. The molecule has 0 unspecified atom stereocenters. The molecule has 1 amide bonds. The van der Waals surface area contributed by atoms with Gasteiger partial charge in [-0.1, -0.05) is 0 Å². The molecule has 0 fully saturated rings. The van der Waals surface area contributed by atoms with E-state index in [1.807, 2.05) is 6.07 Å². The van der Waals surface area contributed by atoms with Crippen LogP contribution in [0.15, 0.2) is 40.3 Å². The Bertz CT molecular complexity index is 906. The first-order valence-electron chi connectivity index (χ1n) is 7.71. The minimum absolute atomic E-state index is 0.106. The van der Waals surface area contributed by atoms with Crippen molar-refractivity contribution in [3.05, 3.63) is 51.8 Å². The van der Waals surface area contributed by atoms with E-state index in [4.69, 9.17) is 14.4 Å². The quantitative estimate of drug-likeness (QED) is 0.367. The van der Waals surface area contributed by atoms with Crippen LogP contribution < -0.4 is 10.1 Å². The Morgan fingerprint density at radius 3 is 2.69 bits per heavy atom. The molecule has 0 saturated carbocycles. The van der Waals surface area contributed by atoms with Gasteiger partial charge >= 0.3 is 0 Å². The van der Waals surface area contributed by atoms with Crippen molar-refractivity contribution in [3.8, 4) is 23.1 Å². The molecular weight excluding hydrogens is 338 g/mol. The van der Waals surface area contributed by atoms with E-state index < -0.39 is 10.8 Å². The summed E-state index contributed by atoms with van der Waals surface area (Å²) in [6.45, 7) is 3.57. The summed E-state index contributed by atoms with van der Waals surface area (Å²) >= 11 is 0. The van der Waals surface area contributed by atoms with E-state index in [0.29, 0.717) is 17.1 Å². The van der Waals surface area contributed by atoms with Crippen LogP contribution in [0.4, 0.5) is 5.69 Å². The Balaban J connectivity index is 2.39. The van der Waals surface area contributed by atoms with E-state index in [1.54, 1.807) is 26.0 Å². The number of nitrogens with one attached hydrogen (secondary N) is 1. The predicted molar refractivity (Wildman–Crippen MR) is 94.2 cm³/mol. The number of ether oxygens (including phenoxy) is 1. The predicted octanol–water partition coefficient (Wildman–Crippen LogP) is 3.29. The molecule has 8 heteroatoms. The molecule has 2 rings (SSSR count). The minimum atomic E-state index is -0.517. The molecule has 1 N–H and O–H groups in total. The smallest absolute Gasteiger partial charge is 0.270 e. The van der Waals surface area contributed by atoms with E-state index in [9.17, 15) is 14.9 Å². The first-order valence-corrected chi connectivity index (χ1v) is 7.71. The zero-order chi connectivity index (χ0) is 19.3. The zero-order valence-electron chi connectivity index (χ0n) is 14.5. The molecule has 1 aromatic carbocycles. The summed E-state index contributed by atoms with van der Waals surface area (Å²) in [5.41, 5.74) is 0.181. The second-order valence-corrected chi connectivity index (χ2v) is 5.64. The molecule has 1 aromatic heterocycles. The first-order chi connectivity index (χ1) is 12.3. The maximum absolute atomic E-state index is 11.9. The van der Waals surface area contributed by atoms with Gasteiger partial charge in [-0.05, 0) is 32.0 Å². The second kappa shape index (κ2) is 7.98. The Labute approximate surface area is 149 Å². The number of amides is 1. The highest BCUT2D eigenvalue weighted by molar-refractivity contribution is 6.01. The molecule has 0 aliphatic carbocycles. The van der Waals surface area contributed by atoms with Crippen LogP contribution in [0.1, 0.15) is 19.6 Å². The molecule has 1 heterocycles. The fourth-order valence-electron chi connectivity index (χ4n) is 2.21. The van der Waals surface area contributed by atoms with Gasteiger partial charge in [-0.3, -0.25) is 14.9 Å². The lowest BCUT2D eigenvalue weighted by molar-refractivity contribution is -0.384. The van der Waals surface area contributed by atoms with Crippen LogP contribution in [0.25, 0.3) is 17.4 Å². The number of nitro groups is 1. The summed E-state index contributed by atoms with van der Waals surface area (Å²) in [5, 5.41) is 22.8. The number of rotatable bonds is 6. The third-order valence-electron chi connectivity index (χ3n) is 3.36. The van der Waals surface area contributed by atoms with E-state index >= 15 is 0 Å². The fraction of sp³-hybridized carbons (Fsp3) is 0.222. The van der Waals surface area contributed by atoms with Gasteiger partial charge in [0.2, 0.25) is 0 Å². The van der Waals surface area contributed by atoms with E-state index in [-0.39, 0.29) is 23.1 Å². The lowest BCUT2D eigenvalue weighted by Gasteiger charge is -2.06. The van der Waals surface area contributed by atoms with Gasteiger partial charge < -0.3 is 14.5 Å². The van der Waals surface area contributed by atoms with Gasteiger partial charge in [-0.15, -0.1) is 0 Å². The lowest BCUT2D eigenvalue weighted by Crippen LogP contribution is -2.30. The Kier molecular flexibility index (Phi) is 5.75. The van der Waals surface area contributed by atoms with Crippen LogP contribution in [0.5, 0.6) is 5.75 Å². The van der Waals surface area contributed by atoms with Gasteiger partial charge in [0.25, 0.3) is 11.6 Å². The number of non-ortho nitro benzene ring substituents is 1. The number of carbonyl (C=O) groups excluding carboxylic acids is 1. The van der Waals surface area contributed by atoms with E-state index in [2.05, 4.69) is 5.32 Å². The van der Waals surface area contributed by atoms with Crippen LogP contribution in [0.2, 0.25) is 0 Å². The Morgan fingerprint density at radius 2 is 2.12 bits per heavy atom. The van der Waals surface area contributed by atoms with Crippen molar-refractivity contribution in [2.24, 2.45) is 0 Å². The number of furan rings is 1. The van der Waals surface area contributed by atoms with E-state index in [0.717, 1.165) is 0 Å². The summed E-state index contributed by atoms with van der Waals surface area (Å²) in [7, 11) is 1.44. The molecule has 0 spiro atoms. The van der Waals surface area contributed by atoms with Crippen molar-refractivity contribution in [2.75, 3.05) is 7.11 Å². The van der Waals surface area contributed by atoms with Gasteiger partial charge in [0.1, 0.15) is 28.9 Å². The van der Waals surface area contributed by atoms with Crippen molar-refractivity contribution >= 4 is 17.7 Å². The van der Waals surface area contributed by atoms with Crippen molar-refractivity contribution in [2.45, 2.75) is 19.9 Å². The van der Waals surface area contributed by atoms with Gasteiger partial charge in [-0.2, -0.15) is 5.26 Å². The minimum Gasteiger partial charge on any atom is -0.496 e. The first kappa shape index (κ1) is 18.7. The number of nitriles is 1. The summed E-state index contributed by atoms with van der Waals surface area (Å²) in [4.78, 5) is 22.4. The van der Waals surface area contributed by atoms with Crippen LogP contribution in [0.3, 0.4) is 0 Å². The van der Waals surface area contributed by atoms with E-state index in [1.165, 1.54) is 31.4 Å². The average Bonchev–Trinajstić information content (AvgIpc) is 3.06. The normalized spacial score (nSPS) is 11.1. The van der Waals surface area contributed by atoms with Crippen LogP contribution >= 0.6 is 0 Å². The van der Waals surface area contributed by atoms with Crippen LogP contribution in [0, 0.1) is 21.4 Å². The lowest BCUT2D eigenvalue weighted by atomic mass is 10.1. The van der Waals surface area contributed by atoms with Gasteiger partial charge in [-0.25, -0.2) is 0 Å². The number of methoxy groups -OCH3 is 1. The number of nitro benzene ring substituents is 1. The summed E-state index contributed by atoms with van der Waals surface area (Å²) < 4.78 is 10.8. The molecular formula is C18H17N3O5. The molecule has 0 bridgehead atoms. The maximum atomic E-state index is 11.9. The summed E-state index contributed by atoms with van der Waals surface area (Å²) in [6, 6.07) is 9.00. The number of nitrogens with zero attached hydrogens (tertiary/aromatic N) is 2. The average molecular weight is 355 g/mol. The fourth-order valence-corrected chi connectivity index (χ4v) is 2.21. The standard InChI is InChI=1S/C18H17N3O5/c1-11(2)20-18(22)12(10-19)8-14-5-7-17(26-14)15-9-13(21(23)24)4-6-16(15)25-3/h4-9,11H,1-3H3,(H,20,22)/b12-8-. The second-order valence-electron chi connectivity index (χ2n) is 5.64. The van der Waals surface area contributed by atoms with Crippen molar-refractivity contribution in [1.82, 2.24) is 5.32 Å². The van der Waals surface area contributed by atoms with Gasteiger partial charge in [0.15, 0.2) is 0 Å². The highest BCUT2D eigenvalue weighted by Gasteiger charge is 2.16. The molecule has 0 aliphatic heterocycles. The van der Waals surface area contributed by atoms with Crippen LogP contribution in [-0.4, -0.2) is 24.0 Å². The number of benzene rings is 1. The SMILES string of the molecule is COc1ccc([N+](=O)[O-])cc1-c1ccc(/C=C(/C#N)C(=O)NC(C)C)o1. The molecule has 26 heavy (non-hydrogen) atoms. The number of hydrogen-bond donors (Lipinski definition) is 1. The molecule has 2 aromatic rings. The molecule has 0 atom stereocenters. The van der Waals surface area contributed by atoms with Crippen molar-refractivity contribution in [3.63, 3.8) is 0 Å². The monoisotopic (exact) mass is 355 g/mol. The summed E-state index contributed by atoms with van der Waals surface area (Å²) in [6.07, 6.45) is 1.31. The molecule has 134 valence electrons. The van der Waals surface area contributed by atoms with Crippen LogP contribution in [-0.2, 0) is 4.79 Å². The molecule has 8 nitrogen and oxygen atoms in total. The highest BCUT2D eigenvalue weighted by atomic mass is 16.6. The maximum Gasteiger partial charge on any atom is 0.270 e. The molecule has 0 radical (unpaired) electrons. The van der Waals surface area contributed by atoms with Crippen molar-refractivity contribution in [1.29, 1.82) is 5.26 Å². The van der Waals surface area contributed by atoms with Crippen molar-refractivity contribution < 1.29 is 18.9 Å². The molecule has 0 aliphatic rings. The Morgan fingerprint density at radius 1 is 1.38 bits per heavy atom. The number of carbonyl (C=O) groups is 1. The van der Waals surface area contributed by atoms with Gasteiger partial charge in [0.05, 0.1) is 17.6 Å². The summed E-state index contributed by atoms with van der Waals surface area (Å²) in [5.74, 6) is 0.481. The highest BCUT2D eigenvalue weighted by Crippen LogP contribution is 2.34. The molecule has 0 saturated heterocycles. The topological polar surface area (TPSA) is 118 Å².